The Morgan fingerprint density at radius 2 is 1.95 bits per heavy atom. The van der Waals surface area contributed by atoms with Gasteiger partial charge in [0, 0.05) is 13.1 Å². The van der Waals surface area contributed by atoms with Crippen LogP contribution in [0.2, 0.25) is 10.0 Å². The van der Waals surface area contributed by atoms with Crippen LogP contribution in [0.3, 0.4) is 0 Å². The molecule has 0 unspecified atom stereocenters. The Bertz CT molecular complexity index is 661. The van der Waals surface area contributed by atoms with Gasteiger partial charge in [-0.1, -0.05) is 23.2 Å². The summed E-state index contributed by atoms with van der Waals surface area (Å²) in [6.45, 7) is 0.120. The second-order valence-corrected chi connectivity index (χ2v) is 7.09. The van der Waals surface area contributed by atoms with Gasteiger partial charge in [-0.3, -0.25) is 0 Å². The Morgan fingerprint density at radius 1 is 1.30 bits per heavy atom. The second-order valence-electron chi connectivity index (χ2n) is 4.37. The van der Waals surface area contributed by atoms with Crippen molar-refractivity contribution in [3.8, 4) is 0 Å². The van der Waals surface area contributed by atoms with Crippen molar-refractivity contribution in [2.45, 2.75) is 17.4 Å². The van der Waals surface area contributed by atoms with E-state index in [4.69, 9.17) is 28.3 Å². The summed E-state index contributed by atoms with van der Waals surface area (Å²) in [6, 6.07) is 2.03. The summed E-state index contributed by atoms with van der Waals surface area (Å²) in [5.41, 5.74) is -0.339. The number of rotatable bonds is 3. The highest BCUT2D eigenvalue weighted by molar-refractivity contribution is 7.89. The topological polar surface area (TPSA) is 94.9 Å². The number of carbonyl (C=O) groups is 1. The molecule has 0 spiro atoms. The molecular weight excluding hydrogens is 329 g/mol. The number of hydrogen-bond acceptors (Lipinski definition) is 4. The molecule has 1 aliphatic rings. The van der Waals surface area contributed by atoms with Gasteiger partial charge in [-0.05, 0) is 18.6 Å². The van der Waals surface area contributed by atoms with E-state index < -0.39 is 22.1 Å². The predicted molar refractivity (Wildman–Crippen MR) is 72.8 cm³/mol. The molecule has 0 aliphatic carbocycles. The normalized spacial score (nSPS) is 20.2. The molecule has 1 aromatic rings. The molecule has 6 nitrogen and oxygen atoms in total. The van der Waals surface area contributed by atoms with Gasteiger partial charge in [0.15, 0.2) is 0 Å². The summed E-state index contributed by atoms with van der Waals surface area (Å²) in [4.78, 5) is 10.7. The minimum atomic E-state index is -3.96. The zero-order valence-electron chi connectivity index (χ0n) is 10.1. The van der Waals surface area contributed by atoms with Crippen molar-refractivity contribution in [3.63, 3.8) is 0 Å². The maximum absolute atomic E-state index is 12.4. The monoisotopic (exact) mass is 339 g/mol. The molecule has 1 heterocycles. The fourth-order valence-corrected chi connectivity index (χ4v) is 4.28. The highest BCUT2D eigenvalue weighted by atomic mass is 35.5. The molecule has 1 saturated heterocycles. The number of hydrogen-bond donors (Lipinski definition) is 2. The maximum atomic E-state index is 12.4. The third kappa shape index (κ3) is 2.77. The highest BCUT2D eigenvalue weighted by Crippen LogP contribution is 2.31. The fraction of sp³-hybridized carbons (Fsp3) is 0.364. The van der Waals surface area contributed by atoms with Gasteiger partial charge in [0.05, 0.1) is 21.7 Å². The van der Waals surface area contributed by atoms with Crippen LogP contribution < -0.4 is 0 Å². The fourth-order valence-electron chi connectivity index (χ4n) is 1.96. The van der Waals surface area contributed by atoms with Crippen molar-refractivity contribution >= 4 is 39.2 Å². The summed E-state index contributed by atoms with van der Waals surface area (Å²) in [6.07, 6.45) is -0.397. The molecule has 0 amide bonds. The third-order valence-corrected chi connectivity index (χ3v) is 5.64. The lowest BCUT2D eigenvalue weighted by Crippen LogP contribution is -2.30. The van der Waals surface area contributed by atoms with Crippen LogP contribution in [-0.2, 0) is 10.0 Å². The standard InChI is InChI=1S/C11H11Cl2NO5S/c12-8-4-9(13)10(3-7(8)11(16)17)20(18,19)14-2-1-6(15)5-14/h3-4,6,15H,1-2,5H2,(H,16,17)/t6-/m0/s1. The first-order valence-corrected chi connectivity index (χ1v) is 7.83. The van der Waals surface area contributed by atoms with Gasteiger partial charge in [-0.2, -0.15) is 4.31 Å². The molecule has 20 heavy (non-hydrogen) atoms. The molecule has 2 N–H and O–H groups in total. The largest absolute Gasteiger partial charge is 0.478 e. The van der Waals surface area contributed by atoms with Gasteiger partial charge in [0.25, 0.3) is 0 Å². The lowest BCUT2D eigenvalue weighted by atomic mass is 10.2. The predicted octanol–water partition coefficient (Wildman–Crippen LogP) is 1.45. The SMILES string of the molecule is O=C(O)c1cc(S(=O)(=O)N2CC[C@H](O)C2)c(Cl)cc1Cl. The van der Waals surface area contributed by atoms with Crippen molar-refractivity contribution in [1.82, 2.24) is 4.31 Å². The van der Waals surface area contributed by atoms with Gasteiger partial charge < -0.3 is 10.2 Å². The van der Waals surface area contributed by atoms with E-state index in [1.165, 1.54) is 0 Å². The molecule has 0 radical (unpaired) electrons. The summed E-state index contributed by atoms with van der Waals surface area (Å²) in [5, 5.41) is 18.1. The van der Waals surface area contributed by atoms with E-state index in [1.54, 1.807) is 0 Å². The van der Waals surface area contributed by atoms with Crippen molar-refractivity contribution in [1.29, 1.82) is 0 Å². The van der Waals surface area contributed by atoms with Crippen LogP contribution in [0.5, 0.6) is 0 Å². The van der Waals surface area contributed by atoms with Crippen LogP contribution >= 0.6 is 23.2 Å². The van der Waals surface area contributed by atoms with Crippen LogP contribution in [-0.4, -0.2) is 48.1 Å². The molecular formula is C11H11Cl2NO5S. The van der Waals surface area contributed by atoms with E-state index in [9.17, 15) is 18.3 Å². The van der Waals surface area contributed by atoms with Gasteiger partial charge in [-0.15, -0.1) is 0 Å². The quantitative estimate of drug-likeness (QED) is 0.868. The minimum absolute atomic E-state index is 0.0380. The summed E-state index contributed by atoms with van der Waals surface area (Å²) >= 11 is 11.6. The van der Waals surface area contributed by atoms with Crippen LogP contribution in [0.25, 0.3) is 0 Å². The number of halogens is 2. The molecule has 2 rings (SSSR count). The zero-order valence-corrected chi connectivity index (χ0v) is 12.4. The van der Waals surface area contributed by atoms with E-state index in [0.29, 0.717) is 6.42 Å². The van der Waals surface area contributed by atoms with E-state index >= 15 is 0 Å². The number of aliphatic hydroxyl groups excluding tert-OH is 1. The first-order valence-electron chi connectivity index (χ1n) is 5.64. The summed E-state index contributed by atoms with van der Waals surface area (Å²) in [7, 11) is -3.96. The molecule has 9 heteroatoms. The van der Waals surface area contributed by atoms with Crippen molar-refractivity contribution in [2.24, 2.45) is 0 Å². The molecule has 1 aliphatic heterocycles. The number of nitrogens with zero attached hydrogens (tertiary/aromatic N) is 1. The smallest absolute Gasteiger partial charge is 0.337 e. The van der Waals surface area contributed by atoms with Crippen molar-refractivity contribution < 1.29 is 23.4 Å². The van der Waals surface area contributed by atoms with Crippen LogP contribution in [0.1, 0.15) is 16.8 Å². The number of carboxylic acids is 1. The van der Waals surface area contributed by atoms with E-state index in [1.807, 2.05) is 0 Å². The highest BCUT2D eigenvalue weighted by Gasteiger charge is 2.33. The Morgan fingerprint density at radius 3 is 2.45 bits per heavy atom. The summed E-state index contributed by atoms with van der Waals surface area (Å²) in [5.74, 6) is -1.34. The third-order valence-electron chi connectivity index (χ3n) is 3.00. The lowest BCUT2D eigenvalue weighted by molar-refractivity contribution is 0.0697. The molecule has 1 atom stereocenters. The number of benzene rings is 1. The minimum Gasteiger partial charge on any atom is -0.478 e. The van der Waals surface area contributed by atoms with Crippen LogP contribution in [0, 0.1) is 0 Å². The lowest BCUT2D eigenvalue weighted by Gasteiger charge is -2.17. The zero-order chi connectivity index (χ0) is 15.1. The first-order chi connectivity index (χ1) is 9.23. The molecule has 110 valence electrons. The Balaban J connectivity index is 2.51. The summed E-state index contributed by atoms with van der Waals surface area (Å²) < 4.78 is 25.8. The van der Waals surface area contributed by atoms with Crippen molar-refractivity contribution in [2.75, 3.05) is 13.1 Å². The van der Waals surface area contributed by atoms with Gasteiger partial charge in [-0.25, -0.2) is 13.2 Å². The molecule has 1 fully saturated rings. The van der Waals surface area contributed by atoms with Crippen molar-refractivity contribution in [3.05, 3.63) is 27.7 Å². The van der Waals surface area contributed by atoms with Crippen LogP contribution in [0.4, 0.5) is 0 Å². The molecule has 1 aromatic carbocycles. The number of β-amino-alcohol motifs (C(OH)–C–C–N with tert-alkyl or cyclic N) is 1. The molecule has 0 bridgehead atoms. The average Bonchev–Trinajstić information content (AvgIpc) is 2.75. The van der Waals surface area contributed by atoms with Crippen LogP contribution in [0.15, 0.2) is 17.0 Å². The van der Waals surface area contributed by atoms with E-state index in [2.05, 4.69) is 0 Å². The molecule has 0 aromatic heterocycles. The molecule has 0 saturated carbocycles. The Labute approximate surface area is 125 Å². The van der Waals surface area contributed by atoms with Gasteiger partial charge >= 0.3 is 5.97 Å². The van der Waals surface area contributed by atoms with Gasteiger partial charge in [0.1, 0.15) is 4.90 Å². The number of aromatic carboxylic acids is 1. The number of sulfonamides is 1. The van der Waals surface area contributed by atoms with Gasteiger partial charge in [0.2, 0.25) is 10.0 Å². The Kier molecular flexibility index (Phi) is 4.27. The Hall–Kier alpha value is -0.860. The first kappa shape index (κ1) is 15.5. The second kappa shape index (κ2) is 5.50. The van der Waals surface area contributed by atoms with E-state index in [-0.39, 0.29) is 33.6 Å². The number of carboxylic acid groups (broad SMARTS) is 1. The maximum Gasteiger partial charge on any atom is 0.337 e. The number of aliphatic hydroxyl groups is 1. The average molecular weight is 340 g/mol. The van der Waals surface area contributed by atoms with E-state index in [0.717, 1.165) is 16.4 Å².